The van der Waals surface area contributed by atoms with Crippen LogP contribution in [-0.2, 0) is 22.7 Å². The molecule has 2 rings (SSSR count). The van der Waals surface area contributed by atoms with Crippen LogP contribution in [0.2, 0.25) is 0 Å². The van der Waals surface area contributed by atoms with Crippen molar-refractivity contribution in [1.82, 2.24) is 9.88 Å². The molecule has 1 N–H and O–H groups in total. The van der Waals surface area contributed by atoms with Crippen LogP contribution < -0.4 is 5.32 Å². The number of rotatable bonds is 7. The fourth-order valence-corrected chi connectivity index (χ4v) is 2.00. The van der Waals surface area contributed by atoms with Crippen molar-refractivity contribution < 1.29 is 9.47 Å². The van der Waals surface area contributed by atoms with Crippen molar-refractivity contribution in [3.05, 3.63) is 36.0 Å². The molecule has 0 saturated carbocycles. The van der Waals surface area contributed by atoms with E-state index in [2.05, 4.69) is 40.3 Å². The van der Waals surface area contributed by atoms with E-state index in [9.17, 15) is 0 Å². The minimum absolute atomic E-state index is 0.587. The lowest BCUT2D eigenvalue weighted by molar-refractivity contribution is 0.135. The van der Waals surface area contributed by atoms with Crippen LogP contribution in [0.4, 0.5) is 0 Å². The molecular weight excluding hydrogens is 228 g/mol. The molecule has 0 unspecified atom stereocenters. The summed E-state index contributed by atoms with van der Waals surface area (Å²) in [5.41, 5.74) is 2.48. The number of hydrogen-bond acceptors (Lipinski definition) is 3. The van der Waals surface area contributed by atoms with E-state index in [0.717, 1.165) is 19.7 Å². The standard InChI is InChI=1S/C14H20N2O2/c1-17-8-6-15-10-12-3-4-13-5-7-16(11-18-2)14(13)9-12/h3-5,7,9,15H,6,8,10-11H2,1-2H3. The summed E-state index contributed by atoms with van der Waals surface area (Å²) in [5.74, 6) is 0. The second kappa shape index (κ2) is 6.54. The first-order valence-corrected chi connectivity index (χ1v) is 6.11. The van der Waals surface area contributed by atoms with Gasteiger partial charge in [-0.05, 0) is 23.1 Å². The number of methoxy groups -OCH3 is 2. The maximum absolute atomic E-state index is 5.18. The molecule has 0 fully saturated rings. The van der Waals surface area contributed by atoms with E-state index in [1.54, 1.807) is 14.2 Å². The summed E-state index contributed by atoms with van der Waals surface area (Å²) in [6.07, 6.45) is 2.05. The van der Waals surface area contributed by atoms with Gasteiger partial charge in [-0.25, -0.2) is 0 Å². The van der Waals surface area contributed by atoms with Crippen LogP contribution in [0.25, 0.3) is 10.9 Å². The highest BCUT2D eigenvalue weighted by atomic mass is 16.5. The van der Waals surface area contributed by atoms with Crippen LogP contribution >= 0.6 is 0 Å². The molecule has 0 amide bonds. The monoisotopic (exact) mass is 248 g/mol. The Kier molecular flexibility index (Phi) is 4.75. The molecule has 0 spiro atoms. The molecule has 0 saturated heterocycles. The number of ether oxygens (including phenoxy) is 2. The predicted molar refractivity (Wildman–Crippen MR) is 72.5 cm³/mol. The van der Waals surface area contributed by atoms with Gasteiger partial charge in [0.15, 0.2) is 0 Å². The van der Waals surface area contributed by atoms with Crippen molar-refractivity contribution in [3.8, 4) is 0 Å². The zero-order chi connectivity index (χ0) is 12.8. The summed E-state index contributed by atoms with van der Waals surface area (Å²) in [6, 6.07) is 8.61. The molecule has 2 aromatic rings. The van der Waals surface area contributed by atoms with Gasteiger partial charge < -0.3 is 19.4 Å². The van der Waals surface area contributed by atoms with Gasteiger partial charge in [-0.3, -0.25) is 0 Å². The zero-order valence-electron chi connectivity index (χ0n) is 11.0. The Balaban J connectivity index is 2.07. The molecular formula is C14H20N2O2. The molecule has 0 aliphatic heterocycles. The van der Waals surface area contributed by atoms with E-state index in [1.807, 2.05) is 0 Å². The van der Waals surface area contributed by atoms with Crippen molar-refractivity contribution in [2.24, 2.45) is 0 Å². The third-order valence-electron chi connectivity index (χ3n) is 2.92. The molecule has 0 atom stereocenters. The number of hydrogen-bond donors (Lipinski definition) is 1. The highest BCUT2D eigenvalue weighted by molar-refractivity contribution is 5.80. The van der Waals surface area contributed by atoms with E-state index >= 15 is 0 Å². The Bertz CT molecular complexity index is 493. The van der Waals surface area contributed by atoms with Crippen LogP contribution in [-0.4, -0.2) is 31.9 Å². The average molecular weight is 248 g/mol. The molecule has 4 heteroatoms. The lowest BCUT2D eigenvalue weighted by Crippen LogP contribution is -2.18. The third-order valence-corrected chi connectivity index (χ3v) is 2.92. The second-order valence-corrected chi connectivity index (χ2v) is 4.27. The van der Waals surface area contributed by atoms with E-state index in [0.29, 0.717) is 6.73 Å². The fraction of sp³-hybridized carbons (Fsp3) is 0.429. The Morgan fingerprint density at radius 2 is 2.06 bits per heavy atom. The van der Waals surface area contributed by atoms with Crippen molar-refractivity contribution in [2.45, 2.75) is 13.3 Å². The van der Waals surface area contributed by atoms with Crippen molar-refractivity contribution in [2.75, 3.05) is 27.4 Å². The van der Waals surface area contributed by atoms with E-state index in [4.69, 9.17) is 9.47 Å². The molecule has 1 aromatic carbocycles. The first kappa shape index (κ1) is 13.1. The maximum Gasteiger partial charge on any atom is 0.122 e. The van der Waals surface area contributed by atoms with Crippen molar-refractivity contribution in [3.63, 3.8) is 0 Å². The van der Waals surface area contributed by atoms with Crippen LogP contribution in [0.5, 0.6) is 0 Å². The second-order valence-electron chi connectivity index (χ2n) is 4.27. The van der Waals surface area contributed by atoms with Gasteiger partial charge in [-0.2, -0.15) is 0 Å². The van der Waals surface area contributed by atoms with E-state index < -0.39 is 0 Å². The quantitative estimate of drug-likeness (QED) is 0.761. The minimum atomic E-state index is 0.587. The van der Waals surface area contributed by atoms with Gasteiger partial charge in [0.05, 0.1) is 12.1 Å². The van der Waals surface area contributed by atoms with Gasteiger partial charge in [-0.15, -0.1) is 0 Å². The summed E-state index contributed by atoms with van der Waals surface area (Å²) in [7, 11) is 3.42. The molecule has 0 aliphatic carbocycles. The summed E-state index contributed by atoms with van der Waals surface area (Å²) in [5, 5.41) is 4.59. The lowest BCUT2D eigenvalue weighted by Gasteiger charge is -2.07. The topological polar surface area (TPSA) is 35.4 Å². The van der Waals surface area contributed by atoms with Crippen molar-refractivity contribution >= 4 is 10.9 Å². The third kappa shape index (κ3) is 3.10. The number of nitrogens with zero attached hydrogens (tertiary/aromatic N) is 1. The highest BCUT2D eigenvalue weighted by Crippen LogP contribution is 2.17. The molecule has 98 valence electrons. The Morgan fingerprint density at radius 1 is 1.17 bits per heavy atom. The van der Waals surface area contributed by atoms with Crippen LogP contribution in [0, 0.1) is 0 Å². The van der Waals surface area contributed by atoms with Gasteiger partial charge in [0, 0.05) is 33.5 Å². The number of fused-ring (bicyclic) bond motifs is 1. The highest BCUT2D eigenvalue weighted by Gasteiger charge is 2.02. The minimum Gasteiger partial charge on any atom is -0.383 e. The van der Waals surface area contributed by atoms with E-state index in [1.165, 1.54) is 16.5 Å². The Labute approximate surface area is 107 Å². The van der Waals surface area contributed by atoms with Crippen molar-refractivity contribution in [1.29, 1.82) is 0 Å². The number of benzene rings is 1. The molecule has 4 nitrogen and oxygen atoms in total. The maximum atomic E-state index is 5.18. The first-order valence-electron chi connectivity index (χ1n) is 6.11. The van der Waals surface area contributed by atoms with Crippen LogP contribution in [0.1, 0.15) is 5.56 Å². The molecule has 1 aromatic heterocycles. The average Bonchev–Trinajstić information content (AvgIpc) is 2.78. The number of aromatic nitrogens is 1. The Hall–Kier alpha value is -1.36. The summed E-state index contributed by atoms with van der Waals surface area (Å²) in [4.78, 5) is 0. The summed E-state index contributed by atoms with van der Waals surface area (Å²) < 4.78 is 12.3. The van der Waals surface area contributed by atoms with Gasteiger partial charge in [-0.1, -0.05) is 12.1 Å². The SMILES string of the molecule is COCCNCc1ccc2ccn(COC)c2c1. The number of nitrogens with one attached hydrogen (secondary N) is 1. The van der Waals surface area contributed by atoms with Gasteiger partial charge in [0.2, 0.25) is 0 Å². The van der Waals surface area contributed by atoms with E-state index in [-0.39, 0.29) is 0 Å². The summed E-state index contributed by atoms with van der Waals surface area (Å²) >= 11 is 0. The molecule has 0 aliphatic rings. The fourth-order valence-electron chi connectivity index (χ4n) is 2.00. The molecule has 1 heterocycles. The lowest BCUT2D eigenvalue weighted by atomic mass is 10.1. The smallest absolute Gasteiger partial charge is 0.122 e. The predicted octanol–water partition coefficient (Wildman–Crippen LogP) is 1.98. The van der Waals surface area contributed by atoms with Gasteiger partial charge >= 0.3 is 0 Å². The molecule has 0 radical (unpaired) electrons. The zero-order valence-corrected chi connectivity index (χ0v) is 11.0. The molecule has 0 bridgehead atoms. The van der Waals surface area contributed by atoms with Crippen LogP contribution in [0.15, 0.2) is 30.5 Å². The Morgan fingerprint density at radius 3 is 2.83 bits per heavy atom. The van der Waals surface area contributed by atoms with Gasteiger partial charge in [0.25, 0.3) is 0 Å². The largest absolute Gasteiger partial charge is 0.383 e. The first-order chi connectivity index (χ1) is 8.85. The van der Waals surface area contributed by atoms with Gasteiger partial charge in [0.1, 0.15) is 6.73 Å². The molecule has 18 heavy (non-hydrogen) atoms. The van der Waals surface area contributed by atoms with Crippen LogP contribution in [0.3, 0.4) is 0 Å². The summed E-state index contributed by atoms with van der Waals surface area (Å²) in [6.45, 7) is 3.05. The normalized spacial score (nSPS) is 11.2.